The highest BCUT2D eigenvalue weighted by Crippen LogP contribution is 2.08. The van der Waals surface area contributed by atoms with Crippen LogP contribution in [0.4, 0.5) is 0 Å². The summed E-state index contributed by atoms with van der Waals surface area (Å²) in [6.07, 6.45) is 3.51. The number of aliphatic hydroxyl groups excluding tert-OH is 1. The molecule has 0 aliphatic heterocycles. The maximum absolute atomic E-state index is 8.52. The van der Waals surface area contributed by atoms with Gasteiger partial charge in [0.2, 0.25) is 0 Å². The normalized spacial score (nSPS) is 11.6. The molecule has 0 aromatic heterocycles. The van der Waals surface area contributed by atoms with Crippen molar-refractivity contribution in [3.05, 3.63) is 22.3 Å². The lowest BCUT2D eigenvalue weighted by Crippen LogP contribution is -1.85. The Hall–Kier alpha value is 0.170. The summed E-state index contributed by atoms with van der Waals surface area (Å²) in [6.45, 7) is 3.84. The van der Waals surface area contributed by atoms with Crippen LogP contribution in [0.2, 0.25) is 0 Å². The lowest BCUT2D eigenvalue weighted by molar-refractivity contribution is 0.298. The minimum atomic E-state index is 0.239. The highest BCUT2D eigenvalue weighted by Gasteiger charge is 1.90. The Labute approximate surface area is 69.6 Å². The molecule has 0 rings (SSSR count). The molecule has 0 bridgehead atoms. The molecular formula is C7H11IO. The smallest absolute Gasteiger partial charge is 0.0468 e. The van der Waals surface area contributed by atoms with Crippen LogP contribution in [0.1, 0.15) is 12.8 Å². The van der Waals surface area contributed by atoms with Crippen molar-refractivity contribution < 1.29 is 5.11 Å². The van der Waals surface area contributed by atoms with Gasteiger partial charge >= 0.3 is 0 Å². The average molecular weight is 238 g/mol. The molecule has 0 unspecified atom stereocenters. The van der Waals surface area contributed by atoms with Crippen molar-refractivity contribution in [3.63, 3.8) is 0 Å². The quantitative estimate of drug-likeness (QED) is 0.588. The van der Waals surface area contributed by atoms with E-state index in [9.17, 15) is 0 Å². The summed E-state index contributed by atoms with van der Waals surface area (Å²) in [4.78, 5) is 0. The third-order valence-electron chi connectivity index (χ3n) is 0.994. The highest BCUT2D eigenvalue weighted by molar-refractivity contribution is 14.1. The van der Waals surface area contributed by atoms with E-state index in [1.54, 1.807) is 0 Å². The van der Waals surface area contributed by atoms with Gasteiger partial charge in [-0.05, 0) is 16.9 Å². The van der Waals surface area contributed by atoms with Crippen molar-refractivity contribution >= 4 is 22.6 Å². The lowest BCUT2D eigenvalue weighted by Gasteiger charge is -1.97. The van der Waals surface area contributed by atoms with E-state index < -0.39 is 0 Å². The second kappa shape index (κ2) is 6.29. The minimum absolute atomic E-state index is 0.239. The van der Waals surface area contributed by atoms with Crippen LogP contribution < -0.4 is 0 Å². The zero-order chi connectivity index (χ0) is 7.11. The van der Waals surface area contributed by atoms with Crippen LogP contribution in [0.5, 0.6) is 0 Å². The van der Waals surface area contributed by atoms with Gasteiger partial charge in [0.1, 0.15) is 0 Å². The zero-order valence-corrected chi connectivity index (χ0v) is 7.47. The molecule has 0 aliphatic carbocycles. The highest BCUT2D eigenvalue weighted by atomic mass is 127. The van der Waals surface area contributed by atoms with Crippen LogP contribution in [0.3, 0.4) is 0 Å². The zero-order valence-electron chi connectivity index (χ0n) is 5.31. The first kappa shape index (κ1) is 9.17. The standard InChI is InChI=1S/C7H11IO/c1-2-3-7(6-8)4-5-9/h2,6,9H,1,3-5H2/b7-6+. The van der Waals surface area contributed by atoms with E-state index in [-0.39, 0.29) is 6.61 Å². The Morgan fingerprint density at radius 1 is 1.67 bits per heavy atom. The number of aliphatic hydroxyl groups is 1. The van der Waals surface area contributed by atoms with Gasteiger partial charge < -0.3 is 5.11 Å². The van der Waals surface area contributed by atoms with Crippen LogP contribution in [-0.4, -0.2) is 11.7 Å². The Kier molecular flexibility index (Phi) is 6.41. The number of halogens is 1. The van der Waals surface area contributed by atoms with Crippen molar-refractivity contribution in [3.8, 4) is 0 Å². The summed E-state index contributed by atoms with van der Waals surface area (Å²) >= 11 is 2.18. The summed E-state index contributed by atoms with van der Waals surface area (Å²) in [5.41, 5.74) is 1.24. The Morgan fingerprint density at radius 3 is 2.67 bits per heavy atom. The molecule has 1 nitrogen and oxygen atoms in total. The largest absolute Gasteiger partial charge is 0.396 e. The lowest BCUT2D eigenvalue weighted by atomic mass is 10.1. The molecule has 0 fully saturated rings. The molecule has 1 N–H and O–H groups in total. The number of allylic oxidation sites excluding steroid dienone is 1. The van der Waals surface area contributed by atoms with Crippen molar-refractivity contribution in [1.82, 2.24) is 0 Å². The van der Waals surface area contributed by atoms with E-state index in [0.717, 1.165) is 12.8 Å². The number of rotatable bonds is 4. The van der Waals surface area contributed by atoms with Crippen LogP contribution in [0, 0.1) is 0 Å². The first-order valence-corrected chi connectivity index (χ1v) is 4.09. The molecule has 0 aromatic rings. The van der Waals surface area contributed by atoms with Crippen molar-refractivity contribution in [2.75, 3.05) is 6.61 Å². The SMILES string of the molecule is C=CC/C(=C\I)CCO. The average Bonchev–Trinajstić information content (AvgIpc) is 1.88. The third-order valence-corrected chi connectivity index (χ3v) is 1.87. The maximum Gasteiger partial charge on any atom is 0.0468 e. The van der Waals surface area contributed by atoms with Gasteiger partial charge in [0.05, 0.1) is 0 Å². The van der Waals surface area contributed by atoms with Gasteiger partial charge in [-0.2, -0.15) is 0 Å². The van der Waals surface area contributed by atoms with Gasteiger partial charge in [-0.15, -0.1) is 6.58 Å². The molecular weight excluding hydrogens is 227 g/mol. The van der Waals surface area contributed by atoms with Crippen molar-refractivity contribution in [2.24, 2.45) is 0 Å². The molecule has 9 heavy (non-hydrogen) atoms. The predicted octanol–water partition coefficient (Wildman–Crippen LogP) is 2.26. The van der Waals surface area contributed by atoms with Gasteiger partial charge in [0.25, 0.3) is 0 Å². The fraction of sp³-hybridized carbons (Fsp3) is 0.429. The van der Waals surface area contributed by atoms with E-state index in [1.807, 2.05) is 10.2 Å². The Balaban J connectivity index is 3.55. The molecule has 0 amide bonds. The summed E-state index contributed by atoms with van der Waals surface area (Å²) in [5.74, 6) is 0. The second-order valence-corrected chi connectivity index (χ2v) is 2.36. The molecule has 0 saturated heterocycles. The van der Waals surface area contributed by atoms with Crippen LogP contribution >= 0.6 is 22.6 Å². The molecule has 0 saturated carbocycles. The third kappa shape index (κ3) is 4.66. The van der Waals surface area contributed by atoms with E-state index in [4.69, 9.17) is 5.11 Å². The first-order valence-electron chi connectivity index (χ1n) is 2.85. The van der Waals surface area contributed by atoms with Gasteiger partial charge in [0, 0.05) is 6.61 Å². The van der Waals surface area contributed by atoms with E-state index in [2.05, 4.69) is 29.2 Å². The van der Waals surface area contributed by atoms with E-state index in [0.29, 0.717) is 0 Å². The summed E-state index contributed by atoms with van der Waals surface area (Å²) in [6, 6.07) is 0. The second-order valence-electron chi connectivity index (χ2n) is 1.73. The van der Waals surface area contributed by atoms with E-state index >= 15 is 0 Å². The van der Waals surface area contributed by atoms with Gasteiger partial charge in [0.15, 0.2) is 0 Å². The van der Waals surface area contributed by atoms with Crippen LogP contribution in [0.25, 0.3) is 0 Å². The fourth-order valence-electron chi connectivity index (χ4n) is 0.530. The number of hydrogen-bond donors (Lipinski definition) is 1. The van der Waals surface area contributed by atoms with Crippen molar-refractivity contribution in [1.29, 1.82) is 0 Å². The topological polar surface area (TPSA) is 20.2 Å². The summed E-state index contributed by atoms with van der Waals surface area (Å²) in [7, 11) is 0. The summed E-state index contributed by atoms with van der Waals surface area (Å²) < 4.78 is 2.00. The van der Waals surface area contributed by atoms with Crippen LogP contribution in [-0.2, 0) is 0 Å². The Bertz CT molecular complexity index is 107. The van der Waals surface area contributed by atoms with Gasteiger partial charge in [-0.1, -0.05) is 34.2 Å². The van der Waals surface area contributed by atoms with Crippen LogP contribution in [0.15, 0.2) is 22.3 Å². The molecule has 0 heterocycles. The first-order chi connectivity index (χ1) is 4.35. The predicted molar refractivity (Wildman–Crippen MR) is 48.6 cm³/mol. The monoisotopic (exact) mass is 238 g/mol. The van der Waals surface area contributed by atoms with Gasteiger partial charge in [-0.3, -0.25) is 0 Å². The fourth-order valence-corrected chi connectivity index (χ4v) is 1.10. The minimum Gasteiger partial charge on any atom is -0.396 e. The van der Waals surface area contributed by atoms with Crippen molar-refractivity contribution in [2.45, 2.75) is 12.8 Å². The number of hydrogen-bond acceptors (Lipinski definition) is 1. The molecule has 0 atom stereocenters. The maximum atomic E-state index is 8.52. The molecule has 0 aromatic carbocycles. The molecule has 2 heteroatoms. The summed E-state index contributed by atoms with van der Waals surface area (Å²) in [5, 5.41) is 8.52. The Morgan fingerprint density at radius 2 is 2.33 bits per heavy atom. The molecule has 0 aliphatic rings. The molecule has 0 spiro atoms. The van der Waals surface area contributed by atoms with Gasteiger partial charge in [-0.25, -0.2) is 0 Å². The molecule has 0 radical (unpaired) electrons. The van der Waals surface area contributed by atoms with E-state index in [1.165, 1.54) is 5.57 Å². The molecule has 52 valence electrons.